The van der Waals surface area contributed by atoms with Crippen LogP contribution in [0.15, 0.2) is 18.2 Å². The minimum atomic E-state index is -1.26. The fourth-order valence-electron chi connectivity index (χ4n) is 3.65. The number of ether oxygens (including phenoxy) is 2. The average molecular weight is 424 g/mol. The van der Waals surface area contributed by atoms with Gasteiger partial charge in [0.2, 0.25) is 0 Å². The topological polar surface area (TPSA) is 108 Å². The van der Waals surface area contributed by atoms with E-state index in [-0.39, 0.29) is 6.10 Å². The van der Waals surface area contributed by atoms with E-state index in [9.17, 15) is 14.0 Å². The standard InChI is InChI=1S/C17H25FN2O2.C4H4O4/c1-12-15-4-6-19-5-3-13(15)9-16-17(12)20(7-8-22-16)11-14(10-18)21-2;5-3(6)1-2-4(7)8/h9,14,19H,3-8,10-11H2,1-2H3;1-2H,(H,5,6)(H,7,8)/b;2-1+/t14-;/m0./s1. The van der Waals surface area contributed by atoms with E-state index in [1.165, 1.54) is 16.7 Å². The Hall–Kier alpha value is -2.65. The molecule has 0 radical (unpaired) electrons. The molecule has 1 aromatic rings. The Balaban J connectivity index is 0.000000343. The van der Waals surface area contributed by atoms with Crippen LogP contribution in [0, 0.1) is 6.92 Å². The SMILES string of the molecule is CO[C@@H](CF)CN1CCOc2cc3c(c(C)c21)CCNCC3.O=C(O)/C=C/C(=O)O. The molecule has 1 aromatic carbocycles. The monoisotopic (exact) mass is 424 g/mol. The average Bonchev–Trinajstić information content (AvgIpc) is 2.96. The largest absolute Gasteiger partial charge is 0.490 e. The number of carboxylic acid groups (broad SMARTS) is 2. The van der Waals surface area contributed by atoms with Crippen LogP contribution < -0.4 is 15.0 Å². The van der Waals surface area contributed by atoms with Crippen LogP contribution in [-0.4, -0.2) is 74.8 Å². The van der Waals surface area contributed by atoms with Gasteiger partial charge in [-0.1, -0.05) is 0 Å². The molecule has 0 saturated carbocycles. The van der Waals surface area contributed by atoms with Crippen molar-refractivity contribution in [3.05, 3.63) is 34.9 Å². The first-order valence-electron chi connectivity index (χ1n) is 9.83. The molecule has 0 aromatic heterocycles. The Labute approximate surface area is 175 Å². The summed E-state index contributed by atoms with van der Waals surface area (Å²) in [6, 6.07) is 2.19. The molecule has 0 spiro atoms. The minimum absolute atomic E-state index is 0.383. The lowest BCUT2D eigenvalue weighted by molar-refractivity contribution is -0.134. The molecular weight excluding hydrogens is 395 g/mol. The summed E-state index contributed by atoms with van der Waals surface area (Å²) in [5.74, 6) is -1.57. The highest BCUT2D eigenvalue weighted by atomic mass is 19.1. The van der Waals surface area contributed by atoms with E-state index in [4.69, 9.17) is 19.7 Å². The van der Waals surface area contributed by atoms with Crippen molar-refractivity contribution >= 4 is 17.6 Å². The molecule has 166 valence electrons. The van der Waals surface area contributed by atoms with E-state index < -0.39 is 18.6 Å². The van der Waals surface area contributed by atoms with Gasteiger partial charge in [0.05, 0.1) is 12.2 Å². The number of carbonyl (C=O) groups is 2. The van der Waals surface area contributed by atoms with Crippen LogP contribution in [0.1, 0.15) is 16.7 Å². The number of hydrogen-bond acceptors (Lipinski definition) is 6. The van der Waals surface area contributed by atoms with Gasteiger partial charge >= 0.3 is 11.9 Å². The number of aliphatic carboxylic acids is 2. The molecule has 0 fully saturated rings. The number of nitrogens with one attached hydrogen (secondary N) is 1. The van der Waals surface area contributed by atoms with Crippen LogP contribution in [0.3, 0.4) is 0 Å². The lowest BCUT2D eigenvalue weighted by Crippen LogP contribution is -2.40. The zero-order chi connectivity index (χ0) is 22.1. The second kappa shape index (κ2) is 11.5. The third-order valence-corrected chi connectivity index (χ3v) is 5.09. The molecule has 0 aliphatic carbocycles. The van der Waals surface area contributed by atoms with E-state index in [1.54, 1.807) is 7.11 Å². The Morgan fingerprint density at radius 1 is 1.30 bits per heavy atom. The number of benzene rings is 1. The molecule has 0 amide bonds. The van der Waals surface area contributed by atoms with Gasteiger partial charge in [0.25, 0.3) is 0 Å². The number of alkyl halides is 1. The summed E-state index contributed by atoms with van der Waals surface area (Å²) in [4.78, 5) is 21.3. The fourth-order valence-corrected chi connectivity index (χ4v) is 3.65. The zero-order valence-corrected chi connectivity index (χ0v) is 17.3. The number of anilines is 1. The molecule has 30 heavy (non-hydrogen) atoms. The normalized spacial score (nSPS) is 16.4. The van der Waals surface area contributed by atoms with E-state index in [0.29, 0.717) is 25.3 Å². The summed E-state index contributed by atoms with van der Waals surface area (Å²) < 4.78 is 24.1. The summed E-state index contributed by atoms with van der Waals surface area (Å²) in [5, 5.41) is 19.1. The van der Waals surface area contributed by atoms with Crippen LogP contribution in [0.25, 0.3) is 0 Å². The number of rotatable bonds is 6. The molecule has 8 nitrogen and oxygen atoms in total. The molecule has 0 unspecified atom stereocenters. The molecule has 9 heteroatoms. The summed E-state index contributed by atoms with van der Waals surface area (Å²) in [6.45, 7) is 5.73. The number of carboxylic acids is 2. The highest BCUT2D eigenvalue weighted by Crippen LogP contribution is 2.39. The predicted octanol–water partition coefficient (Wildman–Crippen LogP) is 1.58. The number of methoxy groups -OCH3 is 1. The first-order chi connectivity index (χ1) is 14.4. The maximum atomic E-state index is 13.0. The van der Waals surface area contributed by atoms with Gasteiger partial charge in [0.15, 0.2) is 0 Å². The Bertz CT molecular complexity index is 763. The van der Waals surface area contributed by atoms with E-state index in [1.807, 2.05) is 0 Å². The minimum Gasteiger partial charge on any atom is -0.490 e. The van der Waals surface area contributed by atoms with Crippen molar-refractivity contribution in [3.63, 3.8) is 0 Å². The third kappa shape index (κ3) is 6.43. The van der Waals surface area contributed by atoms with Crippen molar-refractivity contribution in [2.45, 2.75) is 25.9 Å². The molecule has 2 aliphatic rings. The summed E-state index contributed by atoms with van der Waals surface area (Å²) in [7, 11) is 1.57. The van der Waals surface area contributed by atoms with E-state index in [0.717, 1.165) is 43.9 Å². The smallest absolute Gasteiger partial charge is 0.328 e. The quantitative estimate of drug-likeness (QED) is 0.591. The molecule has 1 atom stereocenters. The second-order valence-electron chi connectivity index (χ2n) is 7.05. The number of fused-ring (bicyclic) bond motifs is 2. The van der Waals surface area contributed by atoms with Crippen LogP contribution in [-0.2, 0) is 27.2 Å². The van der Waals surface area contributed by atoms with Gasteiger partial charge in [0, 0.05) is 25.8 Å². The lowest BCUT2D eigenvalue weighted by atomic mass is 9.94. The van der Waals surface area contributed by atoms with Crippen molar-refractivity contribution in [2.24, 2.45) is 0 Å². The maximum Gasteiger partial charge on any atom is 0.328 e. The van der Waals surface area contributed by atoms with E-state index >= 15 is 0 Å². The Morgan fingerprint density at radius 3 is 2.57 bits per heavy atom. The zero-order valence-electron chi connectivity index (χ0n) is 17.3. The van der Waals surface area contributed by atoms with Crippen molar-refractivity contribution < 1.29 is 33.7 Å². The first kappa shape index (κ1) is 23.6. The molecule has 0 bridgehead atoms. The van der Waals surface area contributed by atoms with Gasteiger partial charge in [0.1, 0.15) is 25.1 Å². The molecule has 2 aliphatic heterocycles. The van der Waals surface area contributed by atoms with E-state index in [2.05, 4.69) is 23.2 Å². The highest BCUT2D eigenvalue weighted by Gasteiger charge is 2.26. The van der Waals surface area contributed by atoms with Crippen LogP contribution in [0.2, 0.25) is 0 Å². The number of halogens is 1. The number of nitrogens with zero attached hydrogens (tertiary/aromatic N) is 1. The van der Waals surface area contributed by atoms with Crippen molar-refractivity contribution in [1.29, 1.82) is 0 Å². The van der Waals surface area contributed by atoms with Crippen LogP contribution in [0.4, 0.5) is 10.1 Å². The van der Waals surface area contributed by atoms with Crippen LogP contribution >= 0.6 is 0 Å². The molecule has 3 N–H and O–H groups in total. The Morgan fingerprint density at radius 2 is 1.97 bits per heavy atom. The molecular formula is C21H29FN2O6. The summed E-state index contributed by atoms with van der Waals surface area (Å²) in [5.41, 5.74) is 5.22. The molecule has 0 saturated heterocycles. The van der Waals surface area contributed by atoms with Gasteiger partial charge in [-0.25, -0.2) is 14.0 Å². The van der Waals surface area contributed by atoms with Crippen molar-refractivity contribution in [3.8, 4) is 5.75 Å². The van der Waals surface area contributed by atoms with Gasteiger partial charge in [-0.15, -0.1) is 0 Å². The van der Waals surface area contributed by atoms with Crippen molar-refractivity contribution in [1.82, 2.24) is 5.32 Å². The van der Waals surface area contributed by atoms with Gasteiger partial charge < -0.3 is 29.9 Å². The van der Waals surface area contributed by atoms with Crippen molar-refractivity contribution in [2.75, 3.05) is 51.5 Å². The van der Waals surface area contributed by atoms with Gasteiger partial charge in [-0.2, -0.15) is 0 Å². The summed E-state index contributed by atoms with van der Waals surface area (Å²) >= 11 is 0. The van der Waals surface area contributed by atoms with Gasteiger partial charge in [-0.3, -0.25) is 0 Å². The third-order valence-electron chi connectivity index (χ3n) is 5.09. The maximum absolute atomic E-state index is 13.0. The predicted molar refractivity (Wildman–Crippen MR) is 110 cm³/mol. The number of hydrogen-bond donors (Lipinski definition) is 3. The lowest BCUT2D eigenvalue weighted by Gasteiger charge is -2.35. The Kier molecular flexibility index (Phi) is 9.07. The van der Waals surface area contributed by atoms with Gasteiger partial charge in [-0.05, 0) is 55.6 Å². The molecule has 2 heterocycles. The first-order valence-corrected chi connectivity index (χ1v) is 9.83. The second-order valence-corrected chi connectivity index (χ2v) is 7.05. The molecule has 3 rings (SSSR count). The van der Waals surface area contributed by atoms with Crippen LogP contribution in [0.5, 0.6) is 5.75 Å². The fraction of sp³-hybridized carbons (Fsp3) is 0.524. The highest BCUT2D eigenvalue weighted by molar-refractivity contribution is 5.89. The summed E-state index contributed by atoms with van der Waals surface area (Å²) in [6.07, 6.45) is 2.81.